The number of hydrogen-bond donors (Lipinski definition) is 1. The smallest absolute Gasteiger partial charge is 0.143 e. The molecule has 0 aliphatic rings. The second kappa shape index (κ2) is 29.5. The van der Waals surface area contributed by atoms with E-state index in [0.717, 1.165) is 94.3 Å². The van der Waals surface area contributed by atoms with E-state index < -0.39 is 0 Å². The molecule has 6 heterocycles. The van der Waals surface area contributed by atoms with Crippen LogP contribution in [0.1, 0.15) is 7.43 Å². The van der Waals surface area contributed by atoms with Crippen LogP contribution in [-0.2, 0) is 0 Å². The Balaban J connectivity index is 0.000000129. The van der Waals surface area contributed by atoms with Crippen molar-refractivity contribution in [3.63, 3.8) is 0 Å². The molecule has 0 amide bonds. The molecular weight excluding hydrogens is 1570 g/mol. The van der Waals surface area contributed by atoms with Gasteiger partial charge in [0.15, 0.2) is 0 Å². The van der Waals surface area contributed by atoms with Gasteiger partial charge in [-0.05, 0) is 151 Å². The molecule has 0 unspecified atom stereocenters. The molecule has 1 N–H and O–H groups in total. The lowest BCUT2D eigenvalue weighted by molar-refractivity contribution is 0.669. The number of nitrogens with zero attached hydrogens (tertiary/aromatic N) is 1. The molecule has 0 fully saturated rings. The molecule has 0 aliphatic heterocycles. The van der Waals surface area contributed by atoms with Gasteiger partial charge in [0.1, 0.15) is 22.3 Å². The van der Waals surface area contributed by atoms with Gasteiger partial charge in [-0.25, -0.2) is 0 Å². The monoisotopic (exact) mass is 1640 g/mol. The Morgan fingerprint density at radius 1 is 0.287 bits per heavy atom. The van der Waals surface area contributed by atoms with Gasteiger partial charge in [0.2, 0.25) is 0 Å². The lowest BCUT2D eigenvalue weighted by atomic mass is 9.96. The summed E-state index contributed by atoms with van der Waals surface area (Å²) in [7, 11) is 0. The number of benzene rings is 16. The number of nitrogens with one attached hydrogen (secondary N) is 1. The Hall–Kier alpha value is -11.2. The number of hydrogen-bond acceptors (Lipinski definition) is 8. The fourth-order valence-electron chi connectivity index (χ4n) is 15.2. The van der Waals surface area contributed by atoms with E-state index in [2.05, 4.69) is 382 Å². The highest BCUT2D eigenvalue weighted by molar-refractivity contribution is 14.1. The number of anilines is 5. The van der Waals surface area contributed by atoms with Gasteiger partial charge in [-0.3, -0.25) is 0 Å². The van der Waals surface area contributed by atoms with E-state index in [1.165, 1.54) is 108 Å². The van der Waals surface area contributed by atoms with Crippen molar-refractivity contribution in [1.82, 2.24) is 0 Å². The molecule has 0 radical (unpaired) electrons. The highest BCUT2D eigenvalue weighted by Gasteiger charge is 2.25. The number of para-hydroxylation sites is 4. The van der Waals surface area contributed by atoms with Gasteiger partial charge in [-0.1, -0.05) is 285 Å². The average molecular weight is 1640 g/mol. The zero-order valence-electron chi connectivity index (χ0n) is 57.6. The Kier molecular flexibility index (Phi) is 18.8. The first-order chi connectivity index (χ1) is 53.0. The molecule has 6 aromatic heterocycles. The summed E-state index contributed by atoms with van der Waals surface area (Å²) in [5.41, 5.74) is 18.3. The van der Waals surface area contributed by atoms with Crippen LogP contribution < -0.4 is 10.2 Å². The number of rotatable bonds is 9. The Morgan fingerprint density at radius 3 is 1.13 bits per heavy atom. The first-order valence-corrected chi connectivity index (χ1v) is 41.6. The maximum atomic E-state index is 6.63. The third-order valence-corrected chi connectivity index (χ3v) is 25.8. The van der Waals surface area contributed by atoms with Crippen LogP contribution in [0.2, 0.25) is 0 Å². The van der Waals surface area contributed by atoms with Crippen molar-refractivity contribution in [2.24, 2.45) is 0 Å². The SMILES string of the molecule is Brc1cccc2c1sc1ccccc12.C.CI.c1ccc(-c2cc(-c3cccc4c3oc3ccccc34)cc(N(c3cccc4c3sc3ccccc34)c3cccc4c3sc3ccccc34)c2)cc1.c1ccc(-c2cc(Nc3cccc4c3sc3ccccc34)cc(-c3cccc4c3oc3ccccc34)c2)cc1. The second-order valence-corrected chi connectivity index (χ2v) is 31.4. The number of fused-ring (bicyclic) bond motifs is 18. The summed E-state index contributed by atoms with van der Waals surface area (Å²) in [6.07, 6.45) is 0. The molecule has 0 saturated heterocycles. The minimum Gasteiger partial charge on any atom is -0.455 e. The minimum atomic E-state index is 0. The topological polar surface area (TPSA) is 41.6 Å². The molecule has 518 valence electrons. The molecule has 0 atom stereocenters. The molecule has 0 spiro atoms. The van der Waals surface area contributed by atoms with E-state index in [0.29, 0.717) is 0 Å². The molecule has 4 nitrogen and oxygen atoms in total. The third kappa shape index (κ3) is 12.5. The predicted octanol–water partition coefficient (Wildman–Crippen LogP) is 32.7. The fraction of sp³-hybridized carbons (Fsp3) is 0.0204. The minimum absolute atomic E-state index is 0. The highest BCUT2D eigenvalue weighted by Crippen LogP contribution is 2.52. The van der Waals surface area contributed by atoms with E-state index in [-0.39, 0.29) is 7.43 Å². The molecule has 108 heavy (non-hydrogen) atoms. The van der Waals surface area contributed by atoms with E-state index in [9.17, 15) is 0 Å². The Labute approximate surface area is 662 Å². The van der Waals surface area contributed by atoms with E-state index >= 15 is 0 Å². The van der Waals surface area contributed by atoms with Crippen molar-refractivity contribution in [1.29, 1.82) is 0 Å². The summed E-state index contributed by atoms with van der Waals surface area (Å²) in [6, 6.07) is 126. The van der Waals surface area contributed by atoms with Gasteiger partial charge in [-0.15, -0.1) is 45.3 Å². The molecule has 10 heteroatoms. The maximum absolute atomic E-state index is 6.63. The summed E-state index contributed by atoms with van der Waals surface area (Å²) in [4.78, 5) is 4.47. The van der Waals surface area contributed by atoms with Crippen molar-refractivity contribution in [2.75, 3.05) is 15.1 Å². The van der Waals surface area contributed by atoms with Gasteiger partial charge in [0.25, 0.3) is 0 Å². The number of halogens is 2. The maximum Gasteiger partial charge on any atom is 0.143 e. The van der Waals surface area contributed by atoms with Crippen LogP contribution in [0.5, 0.6) is 0 Å². The molecule has 22 aromatic rings. The quantitative estimate of drug-likeness (QED) is 0.116. The van der Waals surface area contributed by atoms with Crippen LogP contribution in [0, 0.1) is 0 Å². The van der Waals surface area contributed by atoms with Gasteiger partial charge >= 0.3 is 0 Å². The van der Waals surface area contributed by atoms with Crippen LogP contribution in [0.25, 0.3) is 169 Å². The lowest BCUT2D eigenvalue weighted by Crippen LogP contribution is -2.10. The van der Waals surface area contributed by atoms with E-state index in [1.807, 2.05) is 68.5 Å². The van der Waals surface area contributed by atoms with E-state index in [4.69, 9.17) is 8.83 Å². The average Bonchev–Trinajstić information content (AvgIpc) is 1.54. The summed E-state index contributed by atoms with van der Waals surface area (Å²) in [5, 5.41) is 18.7. The summed E-state index contributed by atoms with van der Waals surface area (Å²) < 4.78 is 24.6. The molecule has 0 saturated carbocycles. The summed E-state index contributed by atoms with van der Waals surface area (Å²) in [5.74, 6) is 0. The van der Waals surface area contributed by atoms with Gasteiger partial charge < -0.3 is 19.1 Å². The first kappa shape index (κ1) is 68.6. The van der Waals surface area contributed by atoms with Crippen molar-refractivity contribution in [2.45, 2.75) is 7.43 Å². The van der Waals surface area contributed by atoms with Crippen LogP contribution in [0.15, 0.2) is 365 Å². The standard InChI is InChI=1S/C48H29NOS2.C36H23NOS.C12H7BrS.CH3I.CH4/c1-2-13-30(14-3-1)31-27-32(34-18-10-19-38-35-15-4-7-24-43(35)50-46(34)38)29-33(28-31)49(41-22-11-20-39-36-16-5-8-25-44(36)51-47(39)41)42-23-12-21-40-37-17-6-9-26-45(37)52-48(40)42;1-2-10-23(11-3-1)24-20-25(27-14-8-15-30-28-12-4-6-18-33(28)38-35(27)30)22-26(21-24)37-32-17-9-16-31-29-13-5-7-19-34(29)39-36(31)32;13-10-6-3-5-9-8-4-1-2-7-11(8)14-12(9)10;1-2;/h1-29H;1-22,37H;1-7H;1H3;1H4. The van der Waals surface area contributed by atoms with Crippen LogP contribution in [0.3, 0.4) is 0 Å². The predicted molar refractivity (Wildman–Crippen MR) is 486 cm³/mol. The normalized spacial score (nSPS) is 11.4. The summed E-state index contributed by atoms with van der Waals surface area (Å²) in [6.45, 7) is 0. The van der Waals surface area contributed by atoms with Gasteiger partial charge in [0, 0.05) is 115 Å². The molecular formula is C98H66BrIN2O2S4. The molecule has 0 bridgehead atoms. The van der Waals surface area contributed by atoms with Crippen LogP contribution in [-0.4, -0.2) is 4.93 Å². The Bertz CT molecular complexity index is 7020. The van der Waals surface area contributed by atoms with Gasteiger partial charge in [-0.2, -0.15) is 0 Å². The Morgan fingerprint density at radius 2 is 0.630 bits per heavy atom. The van der Waals surface area contributed by atoms with Crippen molar-refractivity contribution in [3.8, 4) is 44.5 Å². The van der Waals surface area contributed by atoms with Crippen molar-refractivity contribution in [3.05, 3.63) is 356 Å². The number of furan rings is 2. The number of thiophene rings is 4. The first-order valence-electron chi connectivity index (χ1n) is 35.4. The third-order valence-electron chi connectivity index (χ3n) is 20.0. The van der Waals surface area contributed by atoms with Crippen LogP contribution in [0.4, 0.5) is 28.4 Å². The zero-order valence-corrected chi connectivity index (χ0v) is 64.6. The highest BCUT2D eigenvalue weighted by atomic mass is 127. The largest absolute Gasteiger partial charge is 0.455 e. The van der Waals surface area contributed by atoms with E-state index in [1.54, 1.807) is 0 Å². The van der Waals surface area contributed by atoms with Gasteiger partial charge in [0.05, 0.1) is 31.2 Å². The second-order valence-electron chi connectivity index (χ2n) is 26.3. The lowest BCUT2D eigenvalue weighted by Gasteiger charge is -2.28. The molecule has 0 aliphatic carbocycles. The molecule has 22 rings (SSSR count). The fourth-order valence-corrected chi connectivity index (χ4v) is 20.5. The zero-order chi connectivity index (χ0) is 71.5. The summed E-state index contributed by atoms with van der Waals surface area (Å²) >= 11 is 13.1. The molecule has 16 aromatic carbocycles. The van der Waals surface area contributed by atoms with Crippen LogP contribution >= 0.6 is 83.9 Å². The number of alkyl halides is 1. The van der Waals surface area contributed by atoms with Crippen molar-refractivity contribution < 1.29 is 8.83 Å². The van der Waals surface area contributed by atoms with Crippen molar-refractivity contribution >= 4 is 237 Å².